The maximum atomic E-state index is 12.7. The highest BCUT2D eigenvalue weighted by molar-refractivity contribution is 9.10. The van der Waals surface area contributed by atoms with Crippen LogP contribution in [-0.2, 0) is 11.3 Å². The first-order valence-corrected chi connectivity index (χ1v) is 11.1. The van der Waals surface area contributed by atoms with E-state index in [1.165, 1.54) is 29.3 Å². The molecule has 1 aliphatic rings. The number of aryl methyl sites for hydroxylation is 1. The van der Waals surface area contributed by atoms with Crippen LogP contribution in [-0.4, -0.2) is 40.0 Å². The molecule has 1 fully saturated rings. The monoisotopic (exact) mass is 468 g/mol. The minimum Gasteiger partial charge on any atom is -0.354 e. The van der Waals surface area contributed by atoms with E-state index in [1.54, 1.807) is 12.1 Å². The fourth-order valence-electron chi connectivity index (χ4n) is 4.00. The van der Waals surface area contributed by atoms with Gasteiger partial charge < -0.3 is 5.32 Å². The summed E-state index contributed by atoms with van der Waals surface area (Å²) in [5.41, 5.74) is 1.74. The molecule has 7 heteroatoms. The standard InChI is InChI=1S/C23H25BrN4O2/c24-18-8-9-20-19(14-18)23(30)28(16-26-20)13-10-22(29)25-15-21(27-11-4-5-12-27)17-6-2-1-3-7-17/h1-3,6-9,14,16,21H,4-5,10-13,15H2,(H,25,29). The summed E-state index contributed by atoms with van der Waals surface area (Å²) in [6, 6.07) is 15.9. The van der Waals surface area contributed by atoms with Gasteiger partial charge in [0.1, 0.15) is 0 Å². The molecule has 1 atom stereocenters. The van der Waals surface area contributed by atoms with Gasteiger partial charge in [-0.05, 0) is 49.7 Å². The molecular formula is C23H25BrN4O2. The number of hydrogen-bond acceptors (Lipinski definition) is 4. The van der Waals surface area contributed by atoms with E-state index in [4.69, 9.17) is 0 Å². The second-order valence-corrected chi connectivity index (χ2v) is 8.54. The van der Waals surface area contributed by atoms with E-state index in [0.29, 0.717) is 24.0 Å². The number of amides is 1. The highest BCUT2D eigenvalue weighted by atomic mass is 79.9. The van der Waals surface area contributed by atoms with Crippen molar-refractivity contribution in [2.24, 2.45) is 0 Å². The van der Waals surface area contributed by atoms with Crippen LogP contribution >= 0.6 is 15.9 Å². The maximum absolute atomic E-state index is 12.7. The van der Waals surface area contributed by atoms with Gasteiger partial charge >= 0.3 is 0 Å². The molecule has 1 N–H and O–H groups in total. The number of fused-ring (bicyclic) bond motifs is 1. The lowest BCUT2D eigenvalue weighted by atomic mass is 10.1. The first kappa shape index (κ1) is 20.8. The summed E-state index contributed by atoms with van der Waals surface area (Å²) >= 11 is 3.39. The lowest BCUT2D eigenvalue weighted by Gasteiger charge is -2.28. The number of nitrogens with one attached hydrogen (secondary N) is 1. The highest BCUT2D eigenvalue weighted by Gasteiger charge is 2.23. The summed E-state index contributed by atoms with van der Waals surface area (Å²) in [4.78, 5) is 32.0. The van der Waals surface area contributed by atoms with Gasteiger partial charge in [0.15, 0.2) is 0 Å². The van der Waals surface area contributed by atoms with Crippen LogP contribution in [0, 0.1) is 0 Å². The van der Waals surface area contributed by atoms with Gasteiger partial charge in [-0.25, -0.2) is 4.98 Å². The molecule has 0 radical (unpaired) electrons. The van der Waals surface area contributed by atoms with Crippen molar-refractivity contribution in [3.8, 4) is 0 Å². The molecule has 156 valence electrons. The Kier molecular flexibility index (Phi) is 6.59. The lowest BCUT2D eigenvalue weighted by Crippen LogP contribution is -2.37. The van der Waals surface area contributed by atoms with E-state index in [2.05, 4.69) is 43.3 Å². The van der Waals surface area contributed by atoms with Crippen molar-refractivity contribution >= 4 is 32.7 Å². The molecule has 30 heavy (non-hydrogen) atoms. The summed E-state index contributed by atoms with van der Waals surface area (Å²) in [5.74, 6) is -0.0589. The van der Waals surface area contributed by atoms with Crippen LogP contribution in [0.1, 0.15) is 30.9 Å². The van der Waals surface area contributed by atoms with Gasteiger partial charge in [-0.1, -0.05) is 46.3 Å². The van der Waals surface area contributed by atoms with Crippen molar-refractivity contribution in [1.29, 1.82) is 0 Å². The zero-order chi connectivity index (χ0) is 20.9. The number of benzene rings is 2. The average Bonchev–Trinajstić information content (AvgIpc) is 3.29. The van der Waals surface area contributed by atoms with Crippen molar-refractivity contribution in [3.05, 3.63) is 75.2 Å². The summed E-state index contributed by atoms with van der Waals surface area (Å²) < 4.78 is 2.34. The third-order valence-corrected chi connectivity index (χ3v) is 6.12. The molecular weight excluding hydrogens is 444 g/mol. The van der Waals surface area contributed by atoms with E-state index in [1.807, 2.05) is 24.3 Å². The zero-order valence-corrected chi connectivity index (χ0v) is 18.3. The number of hydrogen-bond donors (Lipinski definition) is 1. The van der Waals surface area contributed by atoms with Gasteiger partial charge in [-0.3, -0.25) is 19.1 Å². The van der Waals surface area contributed by atoms with E-state index < -0.39 is 0 Å². The first-order chi connectivity index (χ1) is 14.6. The minimum atomic E-state index is -0.131. The Bertz CT molecular complexity index is 1080. The van der Waals surface area contributed by atoms with Gasteiger partial charge in [0, 0.05) is 24.0 Å². The van der Waals surface area contributed by atoms with Gasteiger partial charge in [-0.2, -0.15) is 0 Å². The molecule has 2 heterocycles. The topological polar surface area (TPSA) is 67.2 Å². The Morgan fingerprint density at radius 2 is 1.90 bits per heavy atom. The van der Waals surface area contributed by atoms with E-state index in [0.717, 1.165) is 17.6 Å². The van der Waals surface area contributed by atoms with Crippen molar-refractivity contribution in [3.63, 3.8) is 0 Å². The maximum Gasteiger partial charge on any atom is 0.261 e. The third-order valence-electron chi connectivity index (χ3n) is 5.62. The predicted octanol–water partition coefficient (Wildman–Crippen LogP) is 3.50. The van der Waals surface area contributed by atoms with Crippen molar-refractivity contribution in [1.82, 2.24) is 19.8 Å². The molecule has 0 aliphatic carbocycles. The second-order valence-electron chi connectivity index (χ2n) is 7.63. The van der Waals surface area contributed by atoms with Crippen LogP contribution < -0.4 is 10.9 Å². The molecule has 1 aromatic heterocycles. The molecule has 3 aromatic rings. The smallest absolute Gasteiger partial charge is 0.261 e. The molecule has 2 aromatic carbocycles. The van der Waals surface area contributed by atoms with Crippen molar-refractivity contribution < 1.29 is 4.79 Å². The Labute approximate surface area is 184 Å². The summed E-state index contributed by atoms with van der Waals surface area (Å²) in [7, 11) is 0. The largest absolute Gasteiger partial charge is 0.354 e. The molecule has 0 bridgehead atoms. The molecule has 1 saturated heterocycles. The van der Waals surface area contributed by atoms with Crippen LogP contribution in [0.5, 0.6) is 0 Å². The number of halogens is 1. The number of aromatic nitrogens is 2. The molecule has 0 spiro atoms. The molecule has 6 nitrogen and oxygen atoms in total. The number of carbonyl (C=O) groups excluding carboxylic acids is 1. The summed E-state index contributed by atoms with van der Waals surface area (Å²) in [5, 5.41) is 3.62. The quantitative estimate of drug-likeness (QED) is 0.575. The van der Waals surface area contributed by atoms with E-state index in [-0.39, 0.29) is 23.9 Å². The molecule has 1 amide bonds. The third kappa shape index (κ3) is 4.79. The van der Waals surface area contributed by atoms with Crippen LogP contribution in [0.4, 0.5) is 0 Å². The molecule has 1 unspecified atom stereocenters. The van der Waals surface area contributed by atoms with Gasteiger partial charge in [0.25, 0.3) is 5.56 Å². The normalized spacial score (nSPS) is 15.4. The fraction of sp³-hybridized carbons (Fsp3) is 0.348. The summed E-state index contributed by atoms with van der Waals surface area (Å²) in [6.45, 7) is 2.99. The van der Waals surface area contributed by atoms with Gasteiger partial charge in [0.05, 0.1) is 23.3 Å². The van der Waals surface area contributed by atoms with Crippen LogP contribution in [0.15, 0.2) is 64.1 Å². The number of carbonyl (C=O) groups is 1. The zero-order valence-electron chi connectivity index (χ0n) is 16.8. The average molecular weight is 469 g/mol. The van der Waals surface area contributed by atoms with Crippen LogP contribution in [0.3, 0.4) is 0 Å². The fourth-order valence-corrected chi connectivity index (χ4v) is 4.36. The molecule has 0 saturated carbocycles. The lowest BCUT2D eigenvalue weighted by molar-refractivity contribution is -0.121. The molecule has 1 aliphatic heterocycles. The van der Waals surface area contributed by atoms with Crippen molar-refractivity contribution in [2.45, 2.75) is 31.8 Å². The van der Waals surface area contributed by atoms with Crippen LogP contribution in [0.25, 0.3) is 10.9 Å². The number of rotatable bonds is 7. The van der Waals surface area contributed by atoms with E-state index in [9.17, 15) is 9.59 Å². The Morgan fingerprint density at radius 1 is 1.13 bits per heavy atom. The number of nitrogens with zero attached hydrogens (tertiary/aromatic N) is 3. The minimum absolute atomic E-state index is 0.0589. The highest BCUT2D eigenvalue weighted by Crippen LogP contribution is 2.24. The first-order valence-electron chi connectivity index (χ1n) is 10.3. The van der Waals surface area contributed by atoms with Crippen LogP contribution in [0.2, 0.25) is 0 Å². The second kappa shape index (κ2) is 9.53. The van der Waals surface area contributed by atoms with Gasteiger partial charge in [0.2, 0.25) is 5.91 Å². The predicted molar refractivity (Wildman–Crippen MR) is 121 cm³/mol. The van der Waals surface area contributed by atoms with Gasteiger partial charge in [-0.15, -0.1) is 0 Å². The molecule has 4 rings (SSSR count). The Balaban J connectivity index is 1.39. The van der Waals surface area contributed by atoms with Crippen molar-refractivity contribution in [2.75, 3.05) is 19.6 Å². The number of likely N-dealkylation sites (tertiary alicyclic amines) is 1. The Hall–Kier alpha value is -2.51. The van der Waals surface area contributed by atoms with E-state index >= 15 is 0 Å². The summed E-state index contributed by atoms with van der Waals surface area (Å²) in [6.07, 6.45) is 4.15. The Morgan fingerprint density at radius 3 is 2.67 bits per heavy atom. The SMILES string of the molecule is O=C(CCn1cnc2ccc(Br)cc2c1=O)NCC(c1ccccc1)N1CCCC1.